The number of benzene rings is 2. The third kappa shape index (κ3) is 4.71. The Morgan fingerprint density at radius 2 is 1.97 bits per heavy atom. The standard InChI is InChI=1S/C24H25ClN4O4/c1-13-6-8-16(10-19(13)25)27-24(33)26-11-15-7-9-17-18(14(15)2)12-29(23(17)32)20-4-3-5-21(30)28-22(20)31/h6-10,20H,3-5,11-12H2,1-2H3,(H2,26,27,33)(H,28,30,31). The third-order valence-electron chi connectivity index (χ3n) is 6.22. The van der Waals surface area contributed by atoms with Crippen molar-refractivity contribution in [2.24, 2.45) is 0 Å². The number of amides is 5. The molecule has 1 saturated heterocycles. The molecule has 0 saturated carbocycles. The summed E-state index contributed by atoms with van der Waals surface area (Å²) in [4.78, 5) is 50.9. The number of hydrogen-bond acceptors (Lipinski definition) is 4. The summed E-state index contributed by atoms with van der Waals surface area (Å²) in [6.45, 7) is 4.36. The summed E-state index contributed by atoms with van der Waals surface area (Å²) >= 11 is 6.11. The largest absolute Gasteiger partial charge is 0.334 e. The molecule has 2 aliphatic rings. The molecule has 8 nitrogen and oxygen atoms in total. The monoisotopic (exact) mass is 468 g/mol. The van der Waals surface area contributed by atoms with Gasteiger partial charge in [0.1, 0.15) is 6.04 Å². The molecule has 0 aliphatic carbocycles. The van der Waals surface area contributed by atoms with E-state index in [0.717, 1.165) is 22.3 Å². The number of imide groups is 1. The molecule has 2 aromatic rings. The van der Waals surface area contributed by atoms with Crippen LogP contribution in [0.15, 0.2) is 30.3 Å². The van der Waals surface area contributed by atoms with E-state index in [4.69, 9.17) is 11.6 Å². The van der Waals surface area contributed by atoms with Gasteiger partial charge in [-0.15, -0.1) is 0 Å². The summed E-state index contributed by atoms with van der Waals surface area (Å²) in [6, 6.07) is 7.81. The topological polar surface area (TPSA) is 108 Å². The quantitative estimate of drug-likeness (QED) is 0.597. The van der Waals surface area contributed by atoms with E-state index in [9.17, 15) is 19.2 Å². The van der Waals surface area contributed by atoms with Crippen LogP contribution < -0.4 is 16.0 Å². The second-order valence-corrected chi connectivity index (χ2v) is 8.81. The Morgan fingerprint density at radius 1 is 1.18 bits per heavy atom. The Balaban J connectivity index is 1.44. The van der Waals surface area contributed by atoms with Crippen LogP contribution in [0.2, 0.25) is 5.02 Å². The van der Waals surface area contributed by atoms with Gasteiger partial charge >= 0.3 is 6.03 Å². The first-order valence-electron chi connectivity index (χ1n) is 10.8. The molecule has 3 N–H and O–H groups in total. The van der Waals surface area contributed by atoms with Gasteiger partial charge in [-0.05, 0) is 67.1 Å². The zero-order chi connectivity index (χ0) is 23.7. The van der Waals surface area contributed by atoms with E-state index in [1.807, 2.05) is 26.0 Å². The molecule has 1 unspecified atom stereocenters. The van der Waals surface area contributed by atoms with Gasteiger partial charge in [0.15, 0.2) is 0 Å². The van der Waals surface area contributed by atoms with Crippen molar-refractivity contribution in [1.82, 2.24) is 15.5 Å². The van der Waals surface area contributed by atoms with Gasteiger partial charge in [-0.25, -0.2) is 4.79 Å². The van der Waals surface area contributed by atoms with Crippen LogP contribution in [0, 0.1) is 13.8 Å². The van der Waals surface area contributed by atoms with Crippen LogP contribution in [0.3, 0.4) is 0 Å². The molecule has 2 heterocycles. The fourth-order valence-corrected chi connectivity index (χ4v) is 4.42. The molecule has 172 valence electrons. The molecule has 0 bridgehead atoms. The van der Waals surface area contributed by atoms with Crippen molar-refractivity contribution in [3.05, 3.63) is 63.2 Å². The fourth-order valence-electron chi connectivity index (χ4n) is 4.24. The molecule has 0 spiro atoms. The Hall–Kier alpha value is -3.39. The maximum absolute atomic E-state index is 13.0. The highest BCUT2D eigenvalue weighted by molar-refractivity contribution is 6.31. The minimum absolute atomic E-state index is 0.212. The number of hydrogen-bond donors (Lipinski definition) is 3. The lowest BCUT2D eigenvalue weighted by Crippen LogP contribution is -2.46. The lowest BCUT2D eigenvalue weighted by Gasteiger charge is -2.24. The zero-order valence-electron chi connectivity index (χ0n) is 18.5. The van der Waals surface area contributed by atoms with Crippen LogP contribution in [0.5, 0.6) is 0 Å². The number of urea groups is 1. The summed E-state index contributed by atoms with van der Waals surface area (Å²) in [5.41, 5.74) is 4.68. The molecular formula is C24H25ClN4O4. The molecule has 2 aliphatic heterocycles. The highest BCUT2D eigenvalue weighted by Gasteiger charge is 2.38. The van der Waals surface area contributed by atoms with E-state index in [-0.39, 0.29) is 30.8 Å². The van der Waals surface area contributed by atoms with Gasteiger partial charge in [-0.1, -0.05) is 23.7 Å². The number of aryl methyl sites for hydroxylation is 1. The number of nitrogens with zero attached hydrogens (tertiary/aromatic N) is 1. The summed E-state index contributed by atoms with van der Waals surface area (Å²) in [6.07, 6.45) is 1.29. The molecular weight excluding hydrogens is 444 g/mol. The van der Waals surface area contributed by atoms with E-state index >= 15 is 0 Å². The normalized spacial score (nSPS) is 18.0. The van der Waals surface area contributed by atoms with Crippen LogP contribution >= 0.6 is 11.6 Å². The molecule has 4 rings (SSSR count). The summed E-state index contributed by atoms with van der Waals surface area (Å²) < 4.78 is 0. The summed E-state index contributed by atoms with van der Waals surface area (Å²) in [5, 5.41) is 8.52. The average Bonchev–Trinajstić information content (AvgIpc) is 3.00. The Labute approximate surface area is 196 Å². The van der Waals surface area contributed by atoms with E-state index in [2.05, 4.69) is 16.0 Å². The SMILES string of the molecule is Cc1ccc(NC(=O)NCc2ccc3c(c2C)CN(C2CCCC(=O)NC2=O)C3=O)cc1Cl. The van der Waals surface area contributed by atoms with Crippen LogP contribution in [0.4, 0.5) is 10.5 Å². The van der Waals surface area contributed by atoms with Gasteiger partial charge in [0.05, 0.1) is 0 Å². The van der Waals surface area contributed by atoms with Crippen molar-refractivity contribution in [3.8, 4) is 0 Å². The number of carbonyl (C=O) groups excluding carboxylic acids is 4. The molecule has 33 heavy (non-hydrogen) atoms. The number of nitrogens with one attached hydrogen (secondary N) is 3. The molecule has 0 radical (unpaired) electrons. The van der Waals surface area contributed by atoms with Crippen molar-refractivity contribution in [2.45, 2.75) is 52.2 Å². The smallest absolute Gasteiger partial charge is 0.319 e. The Bertz CT molecular complexity index is 1160. The van der Waals surface area contributed by atoms with Crippen LogP contribution in [-0.2, 0) is 22.7 Å². The van der Waals surface area contributed by atoms with E-state index in [1.165, 1.54) is 4.90 Å². The van der Waals surface area contributed by atoms with Gasteiger partial charge < -0.3 is 15.5 Å². The van der Waals surface area contributed by atoms with Gasteiger partial charge in [-0.3, -0.25) is 19.7 Å². The third-order valence-corrected chi connectivity index (χ3v) is 6.63. The number of anilines is 1. The van der Waals surface area contributed by atoms with Crippen molar-refractivity contribution < 1.29 is 19.2 Å². The molecule has 9 heteroatoms. The molecule has 1 atom stereocenters. The number of carbonyl (C=O) groups is 4. The first-order chi connectivity index (χ1) is 15.7. The lowest BCUT2D eigenvalue weighted by atomic mass is 9.98. The van der Waals surface area contributed by atoms with Crippen molar-refractivity contribution in [1.29, 1.82) is 0 Å². The molecule has 5 amide bonds. The molecule has 0 aromatic heterocycles. The van der Waals surface area contributed by atoms with E-state index in [0.29, 0.717) is 35.7 Å². The lowest BCUT2D eigenvalue weighted by molar-refractivity contribution is -0.132. The van der Waals surface area contributed by atoms with Crippen LogP contribution in [-0.4, -0.2) is 34.7 Å². The van der Waals surface area contributed by atoms with E-state index < -0.39 is 11.9 Å². The van der Waals surface area contributed by atoms with Gasteiger partial charge in [0, 0.05) is 35.8 Å². The Morgan fingerprint density at radius 3 is 2.73 bits per heavy atom. The highest BCUT2D eigenvalue weighted by atomic mass is 35.5. The maximum Gasteiger partial charge on any atom is 0.319 e. The number of halogens is 1. The van der Waals surface area contributed by atoms with Crippen molar-refractivity contribution in [2.75, 3.05) is 5.32 Å². The van der Waals surface area contributed by atoms with Crippen LogP contribution in [0.1, 0.15) is 51.9 Å². The van der Waals surface area contributed by atoms with Gasteiger partial charge in [0.25, 0.3) is 5.91 Å². The highest BCUT2D eigenvalue weighted by Crippen LogP contribution is 2.31. The first kappa shape index (κ1) is 22.8. The predicted octanol–water partition coefficient (Wildman–Crippen LogP) is 3.43. The Kier molecular flexibility index (Phi) is 6.37. The molecule has 1 fully saturated rings. The second kappa shape index (κ2) is 9.23. The number of fused-ring (bicyclic) bond motifs is 1. The minimum atomic E-state index is -0.663. The minimum Gasteiger partial charge on any atom is -0.334 e. The van der Waals surface area contributed by atoms with Crippen molar-refractivity contribution in [3.63, 3.8) is 0 Å². The summed E-state index contributed by atoms with van der Waals surface area (Å²) in [5.74, 6) is -0.940. The second-order valence-electron chi connectivity index (χ2n) is 8.40. The van der Waals surface area contributed by atoms with Gasteiger partial charge in [0.2, 0.25) is 11.8 Å². The van der Waals surface area contributed by atoms with Gasteiger partial charge in [-0.2, -0.15) is 0 Å². The summed E-state index contributed by atoms with van der Waals surface area (Å²) in [7, 11) is 0. The van der Waals surface area contributed by atoms with E-state index in [1.54, 1.807) is 18.2 Å². The maximum atomic E-state index is 13.0. The zero-order valence-corrected chi connectivity index (χ0v) is 19.2. The van der Waals surface area contributed by atoms with Crippen LogP contribution in [0.25, 0.3) is 0 Å². The van der Waals surface area contributed by atoms with Crippen molar-refractivity contribution >= 4 is 41.0 Å². The average molecular weight is 469 g/mol. The predicted molar refractivity (Wildman–Crippen MR) is 124 cm³/mol. The number of rotatable bonds is 4. The molecule has 2 aromatic carbocycles. The first-order valence-corrected chi connectivity index (χ1v) is 11.2. The fraction of sp³-hybridized carbons (Fsp3) is 0.333.